The van der Waals surface area contributed by atoms with Gasteiger partial charge in [0.2, 0.25) is 0 Å². The van der Waals surface area contributed by atoms with Crippen molar-refractivity contribution in [2.45, 2.75) is 6.92 Å². The lowest BCUT2D eigenvalue weighted by Crippen LogP contribution is -2.17. The third-order valence-corrected chi connectivity index (χ3v) is 4.38. The minimum absolute atomic E-state index is 0.0809. The molecule has 0 aliphatic heterocycles. The fourth-order valence-electron chi connectivity index (χ4n) is 1.01. The van der Waals surface area contributed by atoms with Gasteiger partial charge in [0.25, 0.3) is 0 Å². The molecule has 0 spiro atoms. The number of hydrogen-bond acceptors (Lipinski definition) is 4. The van der Waals surface area contributed by atoms with Crippen LogP contribution in [0, 0.1) is 0 Å². The molecule has 0 saturated heterocycles. The Morgan fingerprint density at radius 1 is 1.56 bits per heavy atom. The standard InChI is InChI=1S/C9H12BrClN2O2S/c1-2-16(14,15)4-3-12-9-8(11)5-7(10)6-13-9/h5-6H,2-4H2,1H3,(H,12,13). The molecule has 0 saturated carbocycles. The molecular formula is C9H12BrClN2O2S. The first-order chi connectivity index (χ1) is 7.44. The van der Waals surface area contributed by atoms with Gasteiger partial charge in [-0.15, -0.1) is 0 Å². The summed E-state index contributed by atoms with van der Waals surface area (Å²) in [4.78, 5) is 4.04. The number of nitrogens with zero attached hydrogens (tertiary/aromatic N) is 1. The second kappa shape index (κ2) is 5.84. The van der Waals surface area contributed by atoms with E-state index in [4.69, 9.17) is 11.6 Å². The SMILES string of the molecule is CCS(=O)(=O)CCNc1ncc(Br)cc1Cl. The summed E-state index contributed by atoms with van der Waals surface area (Å²) in [7, 11) is -2.95. The van der Waals surface area contributed by atoms with E-state index in [0.29, 0.717) is 17.4 Å². The third-order valence-electron chi connectivity index (χ3n) is 1.95. The highest BCUT2D eigenvalue weighted by molar-refractivity contribution is 9.10. The van der Waals surface area contributed by atoms with E-state index in [0.717, 1.165) is 4.47 Å². The number of nitrogens with one attached hydrogen (secondary N) is 1. The van der Waals surface area contributed by atoms with Gasteiger partial charge in [0.15, 0.2) is 9.84 Å². The van der Waals surface area contributed by atoms with E-state index in [1.165, 1.54) is 0 Å². The van der Waals surface area contributed by atoms with Crippen LogP contribution in [0.1, 0.15) is 6.92 Å². The maximum atomic E-state index is 11.2. The fourth-order valence-corrected chi connectivity index (χ4v) is 2.41. The zero-order chi connectivity index (χ0) is 12.2. The molecule has 0 aromatic carbocycles. The van der Waals surface area contributed by atoms with Gasteiger partial charge in [0, 0.05) is 23.0 Å². The Balaban J connectivity index is 2.56. The van der Waals surface area contributed by atoms with Crippen LogP contribution in [-0.2, 0) is 9.84 Å². The number of anilines is 1. The van der Waals surface area contributed by atoms with Crippen LogP contribution in [-0.4, -0.2) is 31.5 Å². The molecule has 0 fully saturated rings. The van der Waals surface area contributed by atoms with Crippen LogP contribution < -0.4 is 5.32 Å². The first kappa shape index (κ1) is 13.7. The van der Waals surface area contributed by atoms with Gasteiger partial charge >= 0.3 is 0 Å². The van der Waals surface area contributed by atoms with Crippen molar-refractivity contribution >= 4 is 43.2 Å². The molecule has 0 unspecified atom stereocenters. The molecule has 7 heteroatoms. The highest BCUT2D eigenvalue weighted by Crippen LogP contribution is 2.22. The summed E-state index contributed by atoms with van der Waals surface area (Å²) >= 11 is 9.15. The van der Waals surface area contributed by atoms with Crippen LogP contribution in [0.4, 0.5) is 5.82 Å². The van der Waals surface area contributed by atoms with Crippen LogP contribution in [0.2, 0.25) is 5.02 Å². The quantitative estimate of drug-likeness (QED) is 0.902. The van der Waals surface area contributed by atoms with E-state index < -0.39 is 9.84 Å². The maximum absolute atomic E-state index is 11.2. The van der Waals surface area contributed by atoms with Crippen molar-refractivity contribution in [3.63, 3.8) is 0 Å². The Morgan fingerprint density at radius 2 is 2.25 bits per heavy atom. The first-order valence-corrected chi connectivity index (χ1v) is 7.69. The van der Waals surface area contributed by atoms with E-state index >= 15 is 0 Å². The maximum Gasteiger partial charge on any atom is 0.151 e. The van der Waals surface area contributed by atoms with Crippen molar-refractivity contribution in [1.29, 1.82) is 0 Å². The van der Waals surface area contributed by atoms with E-state index in [1.807, 2.05) is 0 Å². The molecule has 1 aromatic rings. The Bertz CT molecular complexity index is 465. The van der Waals surface area contributed by atoms with Gasteiger partial charge in [0.1, 0.15) is 5.82 Å². The van der Waals surface area contributed by atoms with Crippen molar-refractivity contribution in [3.8, 4) is 0 Å². The number of hydrogen-bond donors (Lipinski definition) is 1. The summed E-state index contributed by atoms with van der Waals surface area (Å²) in [5.41, 5.74) is 0. The molecule has 1 heterocycles. The summed E-state index contributed by atoms with van der Waals surface area (Å²) in [6.45, 7) is 1.94. The second-order valence-corrected chi connectivity index (χ2v) is 6.94. The molecule has 0 aliphatic carbocycles. The van der Waals surface area contributed by atoms with Crippen LogP contribution in [0.25, 0.3) is 0 Å². The largest absolute Gasteiger partial charge is 0.368 e. The summed E-state index contributed by atoms with van der Waals surface area (Å²) < 4.78 is 23.2. The lowest BCUT2D eigenvalue weighted by Gasteiger charge is -2.07. The van der Waals surface area contributed by atoms with Crippen LogP contribution >= 0.6 is 27.5 Å². The van der Waals surface area contributed by atoms with Crippen LogP contribution in [0.5, 0.6) is 0 Å². The minimum atomic E-state index is -2.95. The fraction of sp³-hybridized carbons (Fsp3) is 0.444. The van der Waals surface area contributed by atoms with E-state index in [1.54, 1.807) is 19.2 Å². The van der Waals surface area contributed by atoms with Crippen molar-refractivity contribution in [1.82, 2.24) is 4.98 Å². The van der Waals surface area contributed by atoms with E-state index in [2.05, 4.69) is 26.2 Å². The average molecular weight is 328 g/mol. The Hall–Kier alpha value is -0.330. The van der Waals surface area contributed by atoms with Gasteiger partial charge in [-0.1, -0.05) is 18.5 Å². The van der Waals surface area contributed by atoms with Gasteiger partial charge in [-0.05, 0) is 22.0 Å². The number of pyridine rings is 1. The normalized spacial score (nSPS) is 11.4. The van der Waals surface area contributed by atoms with Gasteiger partial charge in [-0.25, -0.2) is 13.4 Å². The molecule has 0 aliphatic rings. The van der Waals surface area contributed by atoms with Gasteiger partial charge in [-0.2, -0.15) is 0 Å². The van der Waals surface area contributed by atoms with Gasteiger partial charge in [-0.3, -0.25) is 0 Å². The zero-order valence-electron chi connectivity index (χ0n) is 8.70. The minimum Gasteiger partial charge on any atom is -0.368 e. The zero-order valence-corrected chi connectivity index (χ0v) is 11.9. The monoisotopic (exact) mass is 326 g/mol. The summed E-state index contributed by atoms with van der Waals surface area (Å²) in [5, 5.41) is 3.35. The van der Waals surface area contributed by atoms with Crippen LogP contribution in [0.3, 0.4) is 0 Å². The number of rotatable bonds is 5. The number of halogens is 2. The number of aromatic nitrogens is 1. The Labute approximate surface area is 108 Å². The first-order valence-electron chi connectivity index (χ1n) is 4.70. The highest BCUT2D eigenvalue weighted by Gasteiger charge is 2.08. The van der Waals surface area contributed by atoms with Gasteiger partial charge < -0.3 is 5.32 Å². The molecule has 0 radical (unpaired) electrons. The van der Waals surface area contributed by atoms with Crippen molar-refractivity contribution < 1.29 is 8.42 Å². The molecule has 16 heavy (non-hydrogen) atoms. The van der Waals surface area contributed by atoms with E-state index in [-0.39, 0.29) is 11.5 Å². The molecule has 1 aromatic heterocycles. The predicted molar refractivity (Wildman–Crippen MR) is 69.8 cm³/mol. The van der Waals surface area contributed by atoms with E-state index in [9.17, 15) is 8.42 Å². The highest BCUT2D eigenvalue weighted by atomic mass is 79.9. The molecule has 0 bridgehead atoms. The summed E-state index contributed by atoms with van der Waals surface area (Å²) in [6, 6.07) is 1.70. The Morgan fingerprint density at radius 3 is 2.81 bits per heavy atom. The lowest BCUT2D eigenvalue weighted by molar-refractivity contribution is 0.597. The summed E-state index contributed by atoms with van der Waals surface area (Å²) in [6.07, 6.45) is 1.60. The third kappa shape index (κ3) is 4.27. The smallest absolute Gasteiger partial charge is 0.151 e. The molecule has 0 atom stereocenters. The van der Waals surface area contributed by atoms with Crippen molar-refractivity contribution in [2.75, 3.05) is 23.4 Å². The number of sulfone groups is 1. The molecule has 4 nitrogen and oxygen atoms in total. The summed E-state index contributed by atoms with van der Waals surface area (Å²) in [5.74, 6) is 0.726. The molecule has 90 valence electrons. The topological polar surface area (TPSA) is 59.1 Å². The molecule has 1 N–H and O–H groups in total. The van der Waals surface area contributed by atoms with Crippen molar-refractivity contribution in [3.05, 3.63) is 21.8 Å². The lowest BCUT2D eigenvalue weighted by atomic mass is 10.4. The van der Waals surface area contributed by atoms with Crippen LogP contribution in [0.15, 0.2) is 16.7 Å². The average Bonchev–Trinajstić information content (AvgIpc) is 2.21. The molecule has 1 rings (SSSR count). The Kier molecular flexibility index (Phi) is 5.01. The second-order valence-electron chi connectivity index (χ2n) is 3.15. The molecule has 0 amide bonds. The predicted octanol–water partition coefficient (Wildman–Crippen LogP) is 2.34. The molecular weight excluding hydrogens is 316 g/mol. The van der Waals surface area contributed by atoms with Gasteiger partial charge in [0.05, 0.1) is 10.8 Å². The van der Waals surface area contributed by atoms with Crippen molar-refractivity contribution in [2.24, 2.45) is 0 Å².